The molecule has 10 heteroatoms. The third-order valence-corrected chi connectivity index (χ3v) is 4.97. The first-order chi connectivity index (χ1) is 12.0. The predicted octanol–water partition coefficient (Wildman–Crippen LogP) is 3.20. The maximum Gasteiger partial charge on any atom is 0.424 e. The Labute approximate surface area is 155 Å². The Hall–Kier alpha value is -1.94. The van der Waals surface area contributed by atoms with E-state index >= 15 is 0 Å². The number of nitrogens with one attached hydrogen (secondary N) is 1. The molecule has 26 heavy (non-hydrogen) atoms. The van der Waals surface area contributed by atoms with Crippen LogP contribution >= 0.6 is 15.9 Å². The molecule has 1 aromatic carbocycles. The van der Waals surface area contributed by atoms with Gasteiger partial charge in [0.05, 0.1) is 5.56 Å². The number of hydrogen-bond donors (Lipinski definition) is 2. The van der Waals surface area contributed by atoms with Crippen molar-refractivity contribution in [3.05, 3.63) is 51.8 Å². The minimum Gasteiger partial charge on any atom is -0.374 e. The molecular formula is C16H16BrF4N3O2. The second-order valence-corrected chi connectivity index (χ2v) is 6.57. The molecule has 0 aliphatic rings. The standard InChI is InChI=1S/C16H16BrF4N3O2/c1-9-3-4-10(18)11(12(9)17)13(25)22-6-5-15(26,16(19,20)21)14-23-7-8-24(14)2/h3-4,7-8,26H,5-6H2,1-2H3,(H,22,25)/t15-/m0/s1. The fraction of sp³-hybridized carbons (Fsp3) is 0.375. The van der Waals surface area contributed by atoms with Crippen LogP contribution in [-0.2, 0) is 12.6 Å². The Morgan fingerprint density at radius 3 is 2.58 bits per heavy atom. The maximum absolute atomic E-state index is 13.9. The van der Waals surface area contributed by atoms with Gasteiger partial charge in [0.15, 0.2) is 0 Å². The smallest absolute Gasteiger partial charge is 0.374 e. The highest BCUT2D eigenvalue weighted by Gasteiger charge is 2.57. The van der Waals surface area contributed by atoms with Crippen LogP contribution in [0.15, 0.2) is 29.0 Å². The highest BCUT2D eigenvalue weighted by molar-refractivity contribution is 9.10. The molecule has 1 amide bonds. The van der Waals surface area contributed by atoms with E-state index in [1.54, 1.807) is 6.92 Å². The molecular weight excluding hydrogens is 422 g/mol. The highest BCUT2D eigenvalue weighted by atomic mass is 79.9. The first-order valence-electron chi connectivity index (χ1n) is 7.48. The summed E-state index contributed by atoms with van der Waals surface area (Å²) in [4.78, 5) is 15.7. The van der Waals surface area contributed by atoms with E-state index in [1.165, 1.54) is 19.3 Å². The fourth-order valence-corrected chi connectivity index (χ4v) is 2.96. The van der Waals surface area contributed by atoms with Gasteiger partial charge >= 0.3 is 6.18 Å². The van der Waals surface area contributed by atoms with Gasteiger partial charge in [-0.05, 0) is 34.5 Å². The van der Waals surface area contributed by atoms with Crippen molar-refractivity contribution < 1.29 is 27.5 Å². The van der Waals surface area contributed by atoms with Crippen LogP contribution in [0.3, 0.4) is 0 Å². The molecule has 0 fully saturated rings. The van der Waals surface area contributed by atoms with Crippen LogP contribution in [-0.4, -0.2) is 33.3 Å². The molecule has 2 aromatic rings. The third-order valence-electron chi connectivity index (χ3n) is 3.94. The molecule has 0 aliphatic heterocycles. The summed E-state index contributed by atoms with van der Waals surface area (Å²) in [6, 6.07) is 2.55. The molecule has 1 heterocycles. The van der Waals surface area contributed by atoms with E-state index < -0.39 is 42.3 Å². The zero-order chi connectivity index (χ0) is 19.7. The molecule has 2 rings (SSSR count). The number of benzene rings is 1. The van der Waals surface area contributed by atoms with E-state index in [0.29, 0.717) is 5.56 Å². The summed E-state index contributed by atoms with van der Waals surface area (Å²) in [5.41, 5.74) is -2.96. The van der Waals surface area contributed by atoms with E-state index in [0.717, 1.165) is 16.8 Å². The van der Waals surface area contributed by atoms with Gasteiger partial charge in [-0.2, -0.15) is 13.2 Å². The average molecular weight is 438 g/mol. The third kappa shape index (κ3) is 3.75. The monoisotopic (exact) mass is 437 g/mol. The number of alkyl halides is 3. The number of aliphatic hydroxyl groups is 1. The van der Waals surface area contributed by atoms with Crippen molar-refractivity contribution in [1.82, 2.24) is 14.9 Å². The Morgan fingerprint density at radius 1 is 1.38 bits per heavy atom. The molecule has 0 unspecified atom stereocenters. The number of halogens is 5. The van der Waals surface area contributed by atoms with E-state index in [4.69, 9.17) is 0 Å². The van der Waals surface area contributed by atoms with Crippen molar-refractivity contribution >= 4 is 21.8 Å². The molecule has 0 bridgehead atoms. The van der Waals surface area contributed by atoms with Crippen LogP contribution < -0.4 is 5.32 Å². The Bertz CT molecular complexity index is 822. The lowest BCUT2D eigenvalue weighted by Gasteiger charge is -2.30. The van der Waals surface area contributed by atoms with Gasteiger partial charge in [0, 0.05) is 36.9 Å². The predicted molar refractivity (Wildman–Crippen MR) is 88.9 cm³/mol. The minimum atomic E-state index is -5.01. The van der Waals surface area contributed by atoms with E-state index in [2.05, 4.69) is 26.2 Å². The molecule has 5 nitrogen and oxygen atoms in total. The quantitative estimate of drug-likeness (QED) is 0.705. The number of amides is 1. The van der Waals surface area contributed by atoms with Crippen LogP contribution in [0.4, 0.5) is 17.6 Å². The second kappa shape index (κ2) is 7.36. The molecule has 2 N–H and O–H groups in total. The minimum absolute atomic E-state index is 0.213. The Kier molecular flexibility index (Phi) is 5.76. The fourth-order valence-electron chi connectivity index (χ4n) is 2.45. The van der Waals surface area contributed by atoms with E-state index in [-0.39, 0.29) is 10.0 Å². The van der Waals surface area contributed by atoms with Crippen molar-refractivity contribution in [2.75, 3.05) is 6.54 Å². The van der Waals surface area contributed by atoms with Gasteiger partial charge in [-0.15, -0.1) is 0 Å². The number of carbonyl (C=O) groups is 1. The number of imidazole rings is 1. The van der Waals surface area contributed by atoms with Gasteiger partial charge in [0.1, 0.15) is 11.6 Å². The lowest BCUT2D eigenvalue weighted by atomic mass is 9.97. The van der Waals surface area contributed by atoms with Crippen LogP contribution in [0.25, 0.3) is 0 Å². The van der Waals surface area contributed by atoms with E-state index in [1.807, 2.05) is 0 Å². The molecule has 142 valence electrons. The Balaban J connectivity index is 2.18. The molecule has 0 saturated carbocycles. The van der Waals surface area contributed by atoms with Gasteiger partial charge in [0.2, 0.25) is 5.60 Å². The Morgan fingerprint density at radius 2 is 2.04 bits per heavy atom. The van der Waals surface area contributed by atoms with Crippen molar-refractivity contribution in [1.29, 1.82) is 0 Å². The average Bonchev–Trinajstić information content (AvgIpc) is 2.96. The number of aryl methyl sites for hydroxylation is 2. The normalized spacial score (nSPS) is 14.2. The summed E-state index contributed by atoms with van der Waals surface area (Å²) in [5.74, 6) is -2.29. The van der Waals surface area contributed by atoms with Gasteiger partial charge in [-0.1, -0.05) is 6.07 Å². The van der Waals surface area contributed by atoms with Crippen molar-refractivity contribution in [2.45, 2.75) is 25.1 Å². The van der Waals surface area contributed by atoms with Crippen molar-refractivity contribution in [3.8, 4) is 0 Å². The lowest BCUT2D eigenvalue weighted by molar-refractivity contribution is -0.272. The van der Waals surface area contributed by atoms with Crippen LogP contribution in [0.2, 0.25) is 0 Å². The molecule has 0 spiro atoms. The van der Waals surface area contributed by atoms with Crippen molar-refractivity contribution in [3.63, 3.8) is 0 Å². The first kappa shape index (κ1) is 20.4. The summed E-state index contributed by atoms with van der Waals surface area (Å²) in [6.45, 7) is 1.10. The lowest BCUT2D eigenvalue weighted by Crippen LogP contribution is -2.46. The van der Waals surface area contributed by atoms with Gasteiger partial charge < -0.3 is 15.0 Å². The number of nitrogens with zero attached hydrogens (tertiary/aromatic N) is 2. The summed E-state index contributed by atoms with van der Waals surface area (Å²) < 4.78 is 55.3. The maximum atomic E-state index is 13.9. The van der Waals surface area contributed by atoms with Crippen LogP contribution in [0.5, 0.6) is 0 Å². The first-order valence-corrected chi connectivity index (χ1v) is 8.28. The number of rotatable bonds is 5. The highest BCUT2D eigenvalue weighted by Crippen LogP contribution is 2.40. The number of aromatic nitrogens is 2. The molecule has 0 radical (unpaired) electrons. The van der Waals surface area contributed by atoms with E-state index in [9.17, 15) is 27.5 Å². The van der Waals surface area contributed by atoms with Gasteiger partial charge in [-0.3, -0.25) is 4.79 Å². The largest absolute Gasteiger partial charge is 0.424 e. The van der Waals surface area contributed by atoms with Crippen LogP contribution in [0, 0.1) is 12.7 Å². The summed E-state index contributed by atoms with van der Waals surface area (Å²) in [7, 11) is 1.32. The summed E-state index contributed by atoms with van der Waals surface area (Å²) >= 11 is 3.09. The molecule has 0 saturated heterocycles. The van der Waals surface area contributed by atoms with Gasteiger partial charge in [-0.25, -0.2) is 9.37 Å². The van der Waals surface area contributed by atoms with Crippen LogP contribution in [0.1, 0.15) is 28.2 Å². The SMILES string of the molecule is Cc1ccc(F)c(C(=O)NCC[C@](O)(c2nccn2C)C(F)(F)F)c1Br. The van der Waals surface area contributed by atoms with Crippen molar-refractivity contribution in [2.24, 2.45) is 7.05 Å². The second-order valence-electron chi connectivity index (χ2n) is 5.78. The molecule has 0 aliphatic carbocycles. The summed E-state index contributed by atoms with van der Waals surface area (Å²) in [5, 5.41) is 12.4. The topological polar surface area (TPSA) is 67.2 Å². The molecule has 1 atom stereocenters. The summed E-state index contributed by atoms with van der Waals surface area (Å²) in [6.07, 6.45) is -3.49. The molecule has 1 aromatic heterocycles. The zero-order valence-corrected chi connectivity index (χ0v) is 15.4. The number of hydrogen-bond acceptors (Lipinski definition) is 3. The van der Waals surface area contributed by atoms with Gasteiger partial charge in [0.25, 0.3) is 5.91 Å². The number of carbonyl (C=O) groups excluding carboxylic acids is 1. The zero-order valence-electron chi connectivity index (χ0n) is 13.9.